The fourth-order valence-corrected chi connectivity index (χ4v) is 4.06. The van der Waals surface area contributed by atoms with Gasteiger partial charge in [0.05, 0.1) is 10.5 Å². The number of carbonyl (C=O) groups excluding carboxylic acids is 1. The number of hydrogen-bond donors (Lipinski definition) is 2. The lowest BCUT2D eigenvalue weighted by Crippen LogP contribution is -2.50. The molecule has 0 aliphatic rings. The van der Waals surface area contributed by atoms with Gasteiger partial charge in [-0.25, -0.2) is 8.42 Å². The first-order valence-corrected chi connectivity index (χ1v) is 10.9. The van der Waals surface area contributed by atoms with E-state index in [1.54, 1.807) is 32.2 Å². The van der Waals surface area contributed by atoms with E-state index < -0.39 is 38.6 Å². The highest BCUT2D eigenvalue weighted by atomic mass is 32.2. The van der Waals surface area contributed by atoms with Gasteiger partial charge in [-0.1, -0.05) is 32.4 Å². The molecule has 2 rings (SSSR count). The van der Waals surface area contributed by atoms with Crippen LogP contribution in [0.15, 0.2) is 53.6 Å². The van der Waals surface area contributed by atoms with Crippen LogP contribution in [0.4, 0.5) is 13.2 Å². The molecule has 0 radical (unpaired) electrons. The second kappa shape index (κ2) is 10.0. The van der Waals surface area contributed by atoms with Gasteiger partial charge < -0.3 is 5.32 Å². The van der Waals surface area contributed by atoms with Crippen LogP contribution in [0.25, 0.3) is 0 Å². The number of nitrogens with one attached hydrogen (secondary N) is 2. The van der Waals surface area contributed by atoms with Gasteiger partial charge >= 0.3 is 6.18 Å². The Balaban J connectivity index is 2.14. The number of halogens is 3. The summed E-state index contributed by atoms with van der Waals surface area (Å²) in [5.41, 5.74) is -0.312. The Labute approximate surface area is 174 Å². The maximum absolute atomic E-state index is 12.9. The summed E-state index contributed by atoms with van der Waals surface area (Å²) in [5.74, 6) is -0.920. The molecule has 6 nitrogen and oxygen atoms in total. The van der Waals surface area contributed by atoms with Gasteiger partial charge in [0.1, 0.15) is 6.04 Å². The van der Waals surface area contributed by atoms with Crippen LogP contribution in [-0.4, -0.2) is 31.9 Å². The van der Waals surface area contributed by atoms with Gasteiger partial charge in [-0.05, 0) is 36.2 Å². The number of sulfonamides is 1. The second-order valence-corrected chi connectivity index (χ2v) is 8.59. The van der Waals surface area contributed by atoms with Crippen LogP contribution in [-0.2, 0) is 27.4 Å². The summed E-state index contributed by atoms with van der Waals surface area (Å²) < 4.78 is 66.4. The number of nitrogens with zero attached hydrogens (tertiary/aromatic N) is 1. The summed E-state index contributed by atoms with van der Waals surface area (Å²) in [7, 11) is -4.34. The van der Waals surface area contributed by atoms with E-state index in [4.69, 9.17) is 0 Å². The molecule has 0 saturated carbocycles. The topological polar surface area (TPSA) is 88.2 Å². The van der Waals surface area contributed by atoms with Crippen LogP contribution >= 0.6 is 0 Å². The van der Waals surface area contributed by atoms with Crippen LogP contribution in [0.2, 0.25) is 0 Å². The van der Waals surface area contributed by atoms with Crippen molar-refractivity contribution in [3.63, 3.8) is 0 Å². The van der Waals surface area contributed by atoms with E-state index in [1.165, 1.54) is 0 Å². The zero-order chi connectivity index (χ0) is 22.4. The molecule has 0 saturated heterocycles. The maximum Gasteiger partial charge on any atom is 0.416 e. The molecular weight excluding hydrogens is 419 g/mol. The molecule has 164 valence electrons. The first-order valence-electron chi connectivity index (χ1n) is 9.41. The van der Waals surface area contributed by atoms with Crippen molar-refractivity contribution in [2.75, 3.05) is 6.54 Å². The van der Waals surface area contributed by atoms with E-state index in [0.717, 1.165) is 23.9 Å². The summed E-state index contributed by atoms with van der Waals surface area (Å²) in [4.78, 5) is 16.2. The predicted molar refractivity (Wildman–Crippen MR) is 106 cm³/mol. The van der Waals surface area contributed by atoms with Crippen LogP contribution < -0.4 is 10.0 Å². The molecule has 2 N–H and O–H groups in total. The Morgan fingerprint density at radius 2 is 1.90 bits per heavy atom. The third-order valence-electron chi connectivity index (χ3n) is 4.66. The Bertz CT molecular complexity index is 951. The minimum Gasteiger partial charge on any atom is -0.354 e. The minimum atomic E-state index is -4.68. The minimum absolute atomic E-state index is 0.244. The molecule has 0 spiro atoms. The van der Waals surface area contributed by atoms with Crippen LogP contribution in [0.3, 0.4) is 0 Å². The Morgan fingerprint density at radius 3 is 2.50 bits per heavy atom. The van der Waals surface area contributed by atoms with Crippen molar-refractivity contribution in [2.45, 2.75) is 43.8 Å². The molecule has 1 amide bonds. The number of hydrogen-bond acceptors (Lipinski definition) is 4. The zero-order valence-electron chi connectivity index (χ0n) is 16.6. The molecule has 0 aliphatic carbocycles. The van der Waals surface area contributed by atoms with Crippen LogP contribution in [0.5, 0.6) is 0 Å². The monoisotopic (exact) mass is 443 g/mol. The van der Waals surface area contributed by atoms with E-state index in [0.29, 0.717) is 18.9 Å². The number of aromatic nitrogens is 1. The van der Waals surface area contributed by atoms with E-state index >= 15 is 0 Å². The van der Waals surface area contributed by atoms with Gasteiger partial charge in [0.2, 0.25) is 15.9 Å². The number of alkyl halides is 3. The van der Waals surface area contributed by atoms with Gasteiger partial charge in [-0.3, -0.25) is 9.78 Å². The van der Waals surface area contributed by atoms with E-state index in [9.17, 15) is 26.4 Å². The molecule has 0 bridgehead atoms. The number of carbonyl (C=O) groups is 1. The standard InChI is InChI=1S/C20H24F3N3O3S/c1-3-14(2)18(19(27)25-12-10-16-8-4-5-11-24-16)26-30(28,29)17-9-6-7-15(13-17)20(21,22)23/h4-9,11,13-14,18,26H,3,10,12H2,1-2H3,(H,25,27)/t14-,18+/m0/s1. The molecule has 1 aromatic heterocycles. The average Bonchev–Trinajstić information content (AvgIpc) is 2.71. The fraction of sp³-hybridized carbons (Fsp3) is 0.400. The normalized spacial score (nSPS) is 14.2. The lowest BCUT2D eigenvalue weighted by Gasteiger charge is -2.23. The number of amides is 1. The third-order valence-corrected chi connectivity index (χ3v) is 6.09. The fourth-order valence-electron chi connectivity index (χ4n) is 2.71. The highest BCUT2D eigenvalue weighted by Crippen LogP contribution is 2.30. The SMILES string of the molecule is CC[C@H](C)[C@@H](NS(=O)(=O)c1cccc(C(F)(F)F)c1)C(=O)NCCc1ccccn1. The van der Waals surface area contributed by atoms with E-state index in [1.807, 2.05) is 6.07 Å². The van der Waals surface area contributed by atoms with Gasteiger partial charge in [0, 0.05) is 24.9 Å². The summed E-state index contributed by atoms with van der Waals surface area (Å²) in [6.45, 7) is 3.73. The Kier molecular flexibility index (Phi) is 7.96. The molecule has 1 aromatic carbocycles. The van der Waals surface area contributed by atoms with Crippen molar-refractivity contribution in [3.8, 4) is 0 Å². The summed E-state index contributed by atoms with van der Waals surface area (Å²) in [5, 5.41) is 2.67. The third kappa shape index (κ3) is 6.53. The number of benzene rings is 1. The zero-order valence-corrected chi connectivity index (χ0v) is 17.4. The van der Waals surface area contributed by atoms with Crippen molar-refractivity contribution < 1.29 is 26.4 Å². The number of rotatable bonds is 9. The molecule has 0 unspecified atom stereocenters. The average molecular weight is 443 g/mol. The van der Waals surface area contributed by atoms with Crippen molar-refractivity contribution in [3.05, 3.63) is 59.9 Å². The largest absolute Gasteiger partial charge is 0.416 e. The Morgan fingerprint density at radius 1 is 1.17 bits per heavy atom. The van der Waals surface area contributed by atoms with Crippen LogP contribution in [0.1, 0.15) is 31.5 Å². The van der Waals surface area contributed by atoms with E-state index in [2.05, 4.69) is 15.0 Å². The second-order valence-electron chi connectivity index (χ2n) is 6.87. The van der Waals surface area contributed by atoms with Crippen molar-refractivity contribution in [1.82, 2.24) is 15.0 Å². The first kappa shape index (κ1) is 23.8. The molecule has 0 aliphatic heterocycles. The molecule has 0 fully saturated rings. The quantitative estimate of drug-likeness (QED) is 0.623. The smallest absolute Gasteiger partial charge is 0.354 e. The molecule has 2 aromatic rings. The van der Waals surface area contributed by atoms with Crippen molar-refractivity contribution >= 4 is 15.9 Å². The van der Waals surface area contributed by atoms with Crippen LogP contribution in [0, 0.1) is 5.92 Å². The van der Waals surface area contributed by atoms with E-state index in [-0.39, 0.29) is 12.5 Å². The maximum atomic E-state index is 12.9. The predicted octanol–water partition coefficient (Wildman–Crippen LogP) is 3.15. The summed E-state index contributed by atoms with van der Waals surface area (Å²) >= 11 is 0. The first-order chi connectivity index (χ1) is 14.0. The Hall–Kier alpha value is -2.46. The lowest BCUT2D eigenvalue weighted by atomic mass is 9.99. The van der Waals surface area contributed by atoms with Gasteiger partial charge in [-0.2, -0.15) is 17.9 Å². The highest BCUT2D eigenvalue weighted by molar-refractivity contribution is 7.89. The van der Waals surface area contributed by atoms with Gasteiger partial charge in [-0.15, -0.1) is 0 Å². The van der Waals surface area contributed by atoms with Gasteiger partial charge in [0.15, 0.2) is 0 Å². The molecule has 2 atom stereocenters. The van der Waals surface area contributed by atoms with Crippen molar-refractivity contribution in [2.24, 2.45) is 5.92 Å². The summed E-state index contributed by atoms with van der Waals surface area (Å²) in [6, 6.07) is 7.67. The van der Waals surface area contributed by atoms with Gasteiger partial charge in [0.25, 0.3) is 0 Å². The molecule has 10 heteroatoms. The molecular formula is C20H24F3N3O3S. The molecule has 30 heavy (non-hydrogen) atoms. The molecule has 1 heterocycles. The lowest BCUT2D eigenvalue weighted by molar-refractivity contribution is -0.137. The summed E-state index contributed by atoms with van der Waals surface area (Å²) in [6.07, 6.45) is -2.10. The highest BCUT2D eigenvalue weighted by Gasteiger charge is 2.33. The van der Waals surface area contributed by atoms with Crippen molar-refractivity contribution in [1.29, 1.82) is 0 Å². The number of pyridine rings is 1.